The molecule has 7 nitrogen and oxygen atoms in total. The fourth-order valence-corrected chi connectivity index (χ4v) is 4.44. The number of halogens is 1. The molecule has 162 valence electrons. The maximum absolute atomic E-state index is 6.35. The van der Waals surface area contributed by atoms with Gasteiger partial charge in [-0.2, -0.15) is 4.98 Å². The lowest BCUT2D eigenvalue weighted by molar-refractivity contribution is 0.219. The van der Waals surface area contributed by atoms with Crippen molar-refractivity contribution in [2.75, 3.05) is 25.3 Å². The molecule has 31 heavy (non-hydrogen) atoms. The predicted octanol–water partition coefficient (Wildman–Crippen LogP) is 5.71. The van der Waals surface area contributed by atoms with Crippen molar-refractivity contribution in [2.45, 2.75) is 31.1 Å². The number of hydrogen-bond donors (Lipinski definition) is 1. The number of unbranched alkanes of at least 4 members (excludes halogenated alkanes) is 1. The molecule has 0 aliphatic carbocycles. The van der Waals surface area contributed by atoms with E-state index in [4.69, 9.17) is 14.2 Å². The van der Waals surface area contributed by atoms with E-state index < -0.39 is 6.23 Å². The van der Waals surface area contributed by atoms with Crippen molar-refractivity contribution in [1.82, 2.24) is 15.2 Å². The van der Waals surface area contributed by atoms with Gasteiger partial charge in [-0.3, -0.25) is 0 Å². The Bertz CT molecular complexity index is 1080. The molecule has 0 saturated heterocycles. The minimum Gasteiger partial charge on any atom is -0.497 e. The highest BCUT2D eigenvalue weighted by atomic mass is 79.9. The Morgan fingerprint density at radius 2 is 2.00 bits per heavy atom. The van der Waals surface area contributed by atoms with Crippen LogP contribution in [-0.4, -0.2) is 35.2 Å². The molecule has 1 aromatic heterocycles. The van der Waals surface area contributed by atoms with Crippen molar-refractivity contribution in [3.05, 3.63) is 46.4 Å². The molecule has 1 N–H and O–H groups in total. The van der Waals surface area contributed by atoms with Crippen LogP contribution in [0.3, 0.4) is 0 Å². The van der Waals surface area contributed by atoms with Crippen molar-refractivity contribution in [3.8, 4) is 28.6 Å². The number of nitrogens with zero attached hydrogens (tertiary/aromatic N) is 3. The van der Waals surface area contributed by atoms with E-state index in [2.05, 4.69) is 43.4 Å². The highest BCUT2D eigenvalue weighted by molar-refractivity contribution is 9.10. The van der Waals surface area contributed by atoms with Crippen molar-refractivity contribution >= 4 is 33.4 Å². The van der Waals surface area contributed by atoms with E-state index in [0.29, 0.717) is 28.2 Å². The SMILES string of the molecule is CCCCSc1nnc2c(n1)O[C@H](c1ccc(OC)cc1OC)Nc1ccc(Br)cc1-2. The molecule has 0 amide bonds. The van der Waals surface area contributed by atoms with E-state index in [9.17, 15) is 0 Å². The number of ether oxygens (including phenoxy) is 3. The van der Waals surface area contributed by atoms with Crippen LogP contribution >= 0.6 is 27.7 Å². The van der Waals surface area contributed by atoms with Crippen molar-refractivity contribution in [1.29, 1.82) is 0 Å². The highest BCUT2D eigenvalue weighted by Crippen LogP contribution is 2.42. The number of thioether (sulfide) groups is 1. The summed E-state index contributed by atoms with van der Waals surface area (Å²) in [6.07, 6.45) is 1.67. The molecular weight excluding hydrogens is 480 g/mol. The predicted molar refractivity (Wildman–Crippen MR) is 125 cm³/mol. The molecule has 0 fully saturated rings. The lowest BCUT2D eigenvalue weighted by Crippen LogP contribution is -2.18. The molecular formula is C22H23BrN4O3S. The monoisotopic (exact) mass is 502 g/mol. The first kappa shape index (κ1) is 21.7. The number of rotatable bonds is 7. The van der Waals surface area contributed by atoms with Crippen LogP contribution in [0.2, 0.25) is 0 Å². The van der Waals surface area contributed by atoms with Gasteiger partial charge in [-0.15, -0.1) is 10.2 Å². The molecule has 0 unspecified atom stereocenters. The summed E-state index contributed by atoms with van der Waals surface area (Å²) in [6, 6.07) is 11.6. The first-order valence-corrected chi connectivity index (χ1v) is 11.7. The van der Waals surface area contributed by atoms with Gasteiger partial charge in [0.05, 0.1) is 19.8 Å². The smallest absolute Gasteiger partial charge is 0.247 e. The second-order valence-electron chi connectivity index (χ2n) is 6.89. The molecule has 1 aliphatic rings. The van der Waals surface area contributed by atoms with Gasteiger partial charge in [-0.25, -0.2) is 0 Å². The molecule has 4 rings (SSSR count). The van der Waals surface area contributed by atoms with Gasteiger partial charge in [0.1, 0.15) is 11.5 Å². The zero-order valence-electron chi connectivity index (χ0n) is 17.5. The molecule has 0 saturated carbocycles. The molecule has 2 heterocycles. The Morgan fingerprint density at radius 3 is 2.77 bits per heavy atom. The van der Waals surface area contributed by atoms with Crippen LogP contribution < -0.4 is 19.5 Å². The molecule has 1 atom stereocenters. The Labute approximate surface area is 194 Å². The first-order chi connectivity index (χ1) is 15.1. The minimum absolute atomic E-state index is 0.432. The van der Waals surface area contributed by atoms with Gasteiger partial charge in [0.15, 0.2) is 5.69 Å². The standard InChI is InChI=1S/C22H23BrN4O3S/c1-4-5-10-31-22-25-21-19(26-27-22)16-11-13(23)6-9-17(16)24-20(30-21)15-8-7-14(28-2)12-18(15)29-3/h6-9,11-12,20,24H,4-5,10H2,1-3H3/t20-/m1/s1. The third-order valence-electron chi connectivity index (χ3n) is 4.84. The zero-order valence-corrected chi connectivity index (χ0v) is 19.9. The van der Waals surface area contributed by atoms with E-state index in [0.717, 1.165) is 39.9 Å². The maximum atomic E-state index is 6.35. The molecule has 9 heteroatoms. The number of anilines is 1. The van der Waals surface area contributed by atoms with Crippen LogP contribution in [0.4, 0.5) is 5.69 Å². The van der Waals surface area contributed by atoms with Crippen LogP contribution in [0.1, 0.15) is 31.6 Å². The number of fused-ring (bicyclic) bond motifs is 3. The number of nitrogens with one attached hydrogen (secondary N) is 1. The Balaban J connectivity index is 1.78. The molecule has 0 spiro atoms. The van der Waals surface area contributed by atoms with E-state index in [1.165, 1.54) is 0 Å². The van der Waals surface area contributed by atoms with Crippen molar-refractivity contribution in [3.63, 3.8) is 0 Å². The van der Waals surface area contributed by atoms with Crippen LogP contribution in [0.15, 0.2) is 46.0 Å². The van der Waals surface area contributed by atoms with E-state index in [1.54, 1.807) is 26.0 Å². The third kappa shape index (κ3) is 4.72. The Morgan fingerprint density at radius 1 is 1.13 bits per heavy atom. The van der Waals surface area contributed by atoms with Crippen molar-refractivity contribution < 1.29 is 14.2 Å². The molecule has 2 aromatic carbocycles. The lowest BCUT2D eigenvalue weighted by Gasteiger charge is -2.21. The van der Waals surface area contributed by atoms with Gasteiger partial charge in [0.25, 0.3) is 0 Å². The summed E-state index contributed by atoms with van der Waals surface area (Å²) < 4.78 is 18.2. The second-order valence-corrected chi connectivity index (χ2v) is 8.87. The fraction of sp³-hybridized carbons (Fsp3) is 0.318. The molecule has 3 aromatic rings. The quantitative estimate of drug-likeness (QED) is 0.324. The summed E-state index contributed by atoms with van der Waals surface area (Å²) in [4.78, 5) is 4.68. The van der Waals surface area contributed by atoms with Crippen LogP contribution in [0, 0.1) is 0 Å². The van der Waals surface area contributed by atoms with Crippen molar-refractivity contribution in [2.24, 2.45) is 0 Å². The van der Waals surface area contributed by atoms with Crippen LogP contribution in [0.25, 0.3) is 11.3 Å². The number of hydrogen-bond acceptors (Lipinski definition) is 8. The van der Waals surface area contributed by atoms with E-state index >= 15 is 0 Å². The summed E-state index contributed by atoms with van der Waals surface area (Å²) in [5.74, 6) is 2.73. The van der Waals surface area contributed by atoms with E-state index in [-0.39, 0.29) is 0 Å². The number of aromatic nitrogens is 3. The summed E-state index contributed by atoms with van der Waals surface area (Å²) in [7, 11) is 3.25. The lowest BCUT2D eigenvalue weighted by atomic mass is 10.1. The normalized spacial score (nSPS) is 14.5. The Kier molecular flexibility index (Phi) is 6.82. The molecule has 1 aliphatic heterocycles. The van der Waals surface area contributed by atoms with Gasteiger partial charge < -0.3 is 19.5 Å². The van der Waals surface area contributed by atoms with Gasteiger partial charge in [-0.05, 0) is 36.8 Å². The van der Waals surface area contributed by atoms with Gasteiger partial charge in [0, 0.05) is 27.5 Å². The summed E-state index contributed by atoms with van der Waals surface area (Å²) in [5, 5.41) is 12.9. The van der Waals surface area contributed by atoms with Gasteiger partial charge >= 0.3 is 0 Å². The Hall–Kier alpha value is -2.52. The summed E-state index contributed by atoms with van der Waals surface area (Å²) >= 11 is 5.13. The first-order valence-electron chi connectivity index (χ1n) is 9.95. The van der Waals surface area contributed by atoms with Crippen LogP contribution in [0.5, 0.6) is 17.4 Å². The van der Waals surface area contributed by atoms with Crippen LogP contribution in [-0.2, 0) is 0 Å². The number of methoxy groups -OCH3 is 2. The summed E-state index contributed by atoms with van der Waals surface area (Å²) in [6.45, 7) is 2.16. The van der Waals surface area contributed by atoms with E-state index in [1.807, 2.05) is 36.4 Å². The largest absolute Gasteiger partial charge is 0.497 e. The summed E-state index contributed by atoms with van der Waals surface area (Å²) in [5.41, 5.74) is 3.15. The zero-order chi connectivity index (χ0) is 21.8. The minimum atomic E-state index is -0.535. The second kappa shape index (κ2) is 9.74. The maximum Gasteiger partial charge on any atom is 0.247 e. The fourth-order valence-electron chi connectivity index (χ4n) is 3.21. The molecule has 0 bridgehead atoms. The van der Waals surface area contributed by atoms with Gasteiger partial charge in [0.2, 0.25) is 17.3 Å². The third-order valence-corrected chi connectivity index (χ3v) is 6.26. The average Bonchev–Trinajstić information content (AvgIpc) is 2.95. The number of benzene rings is 2. The topological polar surface area (TPSA) is 78.4 Å². The average molecular weight is 503 g/mol. The van der Waals surface area contributed by atoms with Gasteiger partial charge in [-0.1, -0.05) is 41.0 Å². The molecule has 0 radical (unpaired) electrons. The highest BCUT2D eigenvalue weighted by Gasteiger charge is 2.28.